The van der Waals surface area contributed by atoms with Crippen LogP contribution in [-0.4, -0.2) is 23.1 Å². The molecule has 0 unspecified atom stereocenters. The zero-order valence-corrected chi connectivity index (χ0v) is 13.4. The second kappa shape index (κ2) is 6.93. The minimum Gasteiger partial charge on any atom is -0.362 e. The molecule has 2 aliphatic carbocycles. The zero-order valence-electron chi connectivity index (χ0n) is 12.6. The number of allylic oxidation sites excluding steroid dienone is 1. The predicted octanol–water partition coefficient (Wildman–Crippen LogP) is 4.37. The van der Waals surface area contributed by atoms with Crippen LogP contribution in [0.25, 0.3) is 0 Å². The van der Waals surface area contributed by atoms with E-state index in [0.717, 1.165) is 24.1 Å². The van der Waals surface area contributed by atoms with Crippen LogP contribution in [-0.2, 0) is 0 Å². The molecule has 3 heteroatoms. The molecular weight excluding hydrogens is 264 g/mol. The summed E-state index contributed by atoms with van der Waals surface area (Å²) in [5, 5.41) is 4.52. The van der Waals surface area contributed by atoms with E-state index < -0.39 is 0 Å². The summed E-state index contributed by atoms with van der Waals surface area (Å²) in [7, 11) is 0. The molecule has 0 bridgehead atoms. The van der Waals surface area contributed by atoms with Gasteiger partial charge in [0.2, 0.25) is 0 Å². The van der Waals surface area contributed by atoms with E-state index >= 15 is 0 Å². The summed E-state index contributed by atoms with van der Waals surface area (Å²) in [5.74, 6) is 0.946. The predicted molar refractivity (Wildman–Crippen MR) is 88.6 cm³/mol. The van der Waals surface area contributed by atoms with E-state index in [4.69, 9.17) is 12.2 Å². The van der Waals surface area contributed by atoms with Crippen molar-refractivity contribution in [2.45, 2.75) is 70.6 Å². The van der Waals surface area contributed by atoms with Crippen molar-refractivity contribution in [3.05, 3.63) is 11.3 Å². The van der Waals surface area contributed by atoms with Gasteiger partial charge in [-0.05, 0) is 62.2 Å². The first-order chi connectivity index (χ1) is 9.84. The smallest absolute Gasteiger partial charge is 0.173 e. The normalized spacial score (nSPS) is 23.9. The Kier molecular flexibility index (Phi) is 4.98. The van der Waals surface area contributed by atoms with E-state index in [1.165, 1.54) is 70.6 Å². The van der Waals surface area contributed by atoms with E-state index in [2.05, 4.69) is 10.2 Å². The summed E-state index contributed by atoms with van der Waals surface area (Å²) in [6, 6.07) is 0. The largest absolute Gasteiger partial charge is 0.362 e. The van der Waals surface area contributed by atoms with Crippen molar-refractivity contribution in [3.63, 3.8) is 0 Å². The Morgan fingerprint density at radius 2 is 1.85 bits per heavy atom. The van der Waals surface area contributed by atoms with Crippen LogP contribution in [0.3, 0.4) is 0 Å². The number of nitrogens with zero attached hydrogens (tertiary/aromatic N) is 1. The van der Waals surface area contributed by atoms with Gasteiger partial charge in [0.05, 0.1) is 0 Å². The first kappa shape index (κ1) is 14.4. The molecule has 0 aromatic carbocycles. The number of rotatable bonds is 3. The molecule has 1 saturated carbocycles. The maximum atomic E-state index is 5.63. The third-order valence-corrected chi connectivity index (χ3v) is 5.68. The second-order valence-corrected chi connectivity index (χ2v) is 7.07. The summed E-state index contributed by atoms with van der Waals surface area (Å²) in [6.45, 7) is 2.20. The molecule has 112 valence electrons. The Bertz CT molecular complexity index is 382. The summed E-state index contributed by atoms with van der Waals surface area (Å²) >= 11 is 5.63. The average molecular weight is 292 g/mol. The Morgan fingerprint density at radius 3 is 2.70 bits per heavy atom. The molecule has 1 heterocycles. The van der Waals surface area contributed by atoms with Crippen molar-refractivity contribution < 1.29 is 0 Å². The Balaban J connectivity index is 1.44. The number of hydrogen-bond acceptors (Lipinski definition) is 1. The van der Waals surface area contributed by atoms with E-state index in [1.54, 1.807) is 11.3 Å². The van der Waals surface area contributed by atoms with Gasteiger partial charge in [-0.15, -0.1) is 0 Å². The van der Waals surface area contributed by atoms with Gasteiger partial charge in [0.15, 0.2) is 5.11 Å². The van der Waals surface area contributed by atoms with Gasteiger partial charge < -0.3 is 10.2 Å². The summed E-state index contributed by atoms with van der Waals surface area (Å²) < 4.78 is 0. The van der Waals surface area contributed by atoms with E-state index in [-0.39, 0.29) is 0 Å². The molecule has 0 aromatic rings. The molecule has 3 aliphatic rings. The quantitative estimate of drug-likeness (QED) is 0.778. The molecular formula is C17H28N2S. The van der Waals surface area contributed by atoms with Crippen LogP contribution in [0.5, 0.6) is 0 Å². The van der Waals surface area contributed by atoms with Crippen LogP contribution in [0, 0.1) is 5.92 Å². The van der Waals surface area contributed by atoms with E-state index in [9.17, 15) is 0 Å². The fourth-order valence-corrected chi connectivity index (χ4v) is 4.41. The molecule has 0 atom stereocenters. The molecule has 0 saturated heterocycles. The summed E-state index contributed by atoms with van der Waals surface area (Å²) in [6.07, 6.45) is 15.1. The lowest BCUT2D eigenvalue weighted by Crippen LogP contribution is -2.38. The maximum Gasteiger partial charge on any atom is 0.173 e. The fourth-order valence-electron chi connectivity index (χ4n) is 4.11. The van der Waals surface area contributed by atoms with Gasteiger partial charge in [0.25, 0.3) is 0 Å². The molecule has 2 nitrogen and oxygen atoms in total. The van der Waals surface area contributed by atoms with Crippen LogP contribution in [0.2, 0.25) is 0 Å². The number of nitrogens with one attached hydrogen (secondary N) is 1. The van der Waals surface area contributed by atoms with Crippen LogP contribution >= 0.6 is 12.2 Å². The molecule has 0 radical (unpaired) electrons. The van der Waals surface area contributed by atoms with Gasteiger partial charge in [0.1, 0.15) is 0 Å². The van der Waals surface area contributed by atoms with E-state index in [0.29, 0.717) is 0 Å². The van der Waals surface area contributed by atoms with E-state index in [1.807, 2.05) is 0 Å². The van der Waals surface area contributed by atoms with Crippen LogP contribution in [0.1, 0.15) is 70.6 Å². The molecule has 20 heavy (non-hydrogen) atoms. The molecule has 1 fully saturated rings. The van der Waals surface area contributed by atoms with Crippen LogP contribution in [0.15, 0.2) is 11.3 Å². The van der Waals surface area contributed by atoms with Crippen molar-refractivity contribution >= 4 is 17.3 Å². The molecule has 1 N–H and O–H groups in total. The Morgan fingerprint density at radius 1 is 1.05 bits per heavy atom. The van der Waals surface area contributed by atoms with Gasteiger partial charge in [-0.2, -0.15) is 0 Å². The third-order valence-electron chi connectivity index (χ3n) is 5.31. The topological polar surface area (TPSA) is 15.3 Å². The average Bonchev–Trinajstić information content (AvgIpc) is 2.92. The Labute approximate surface area is 129 Å². The van der Waals surface area contributed by atoms with Gasteiger partial charge in [0, 0.05) is 18.8 Å². The first-order valence-corrected chi connectivity index (χ1v) is 9.01. The van der Waals surface area contributed by atoms with Gasteiger partial charge >= 0.3 is 0 Å². The molecule has 0 spiro atoms. The van der Waals surface area contributed by atoms with Crippen LogP contribution < -0.4 is 5.32 Å². The highest BCUT2D eigenvalue weighted by atomic mass is 32.1. The highest BCUT2D eigenvalue weighted by molar-refractivity contribution is 7.80. The summed E-state index contributed by atoms with van der Waals surface area (Å²) in [5.41, 5.74) is 3.25. The van der Waals surface area contributed by atoms with Crippen LogP contribution in [0.4, 0.5) is 0 Å². The van der Waals surface area contributed by atoms with Crippen molar-refractivity contribution in [3.8, 4) is 0 Å². The van der Waals surface area contributed by atoms with Gasteiger partial charge in [-0.3, -0.25) is 0 Å². The van der Waals surface area contributed by atoms with Crippen molar-refractivity contribution in [2.75, 3.05) is 13.1 Å². The van der Waals surface area contributed by atoms with Crippen molar-refractivity contribution in [1.29, 1.82) is 0 Å². The molecule has 0 aromatic heterocycles. The lowest BCUT2D eigenvalue weighted by atomic mass is 9.87. The SMILES string of the molecule is S=C(NCCC1CCCCC1)N1CCC2=C1CCCC2. The summed E-state index contributed by atoms with van der Waals surface area (Å²) in [4.78, 5) is 2.39. The van der Waals surface area contributed by atoms with Gasteiger partial charge in [-0.25, -0.2) is 0 Å². The monoisotopic (exact) mass is 292 g/mol. The molecule has 3 rings (SSSR count). The third kappa shape index (κ3) is 3.36. The number of thiocarbonyl (C=S) groups is 1. The first-order valence-electron chi connectivity index (χ1n) is 8.61. The van der Waals surface area contributed by atoms with Crippen molar-refractivity contribution in [2.24, 2.45) is 5.92 Å². The highest BCUT2D eigenvalue weighted by Crippen LogP contribution is 2.34. The fraction of sp³-hybridized carbons (Fsp3) is 0.824. The second-order valence-electron chi connectivity index (χ2n) is 6.68. The Hall–Kier alpha value is -0.570. The molecule has 1 aliphatic heterocycles. The standard InChI is InChI=1S/C17H28N2S/c20-17(18-12-10-14-6-2-1-3-7-14)19-13-11-15-8-4-5-9-16(15)19/h14H,1-13H2,(H,18,20). The van der Waals surface area contributed by atoms with Crippen molar-refractivity contribution in [1.82, 2.24) is 10.2 Å². The van der Waals surface area contributed by atoms with Gasteiger partial charge in [-0.1, -0.05) is 32.1 Å². The lowest BCUT2D eigenvalue weighted by molar-refractivity contribution is 0.338. The number of hydrogen-bond donors (Lipinski definition) is 1. The minimum absolute atomic E-state index is 0.946. The minimum atomic E-state index is 0.946. The zero-order chi connectivity index (χ0) is 13.8. The lowest BCUT2D eigenvalue weighted by Gasteiger charge is -2.27. The highest BCUT2D eigenvalue weighted by Gasteiger charge is 2.26. The maximum absolute atomic E-state index is 5.63. The molecule has 0 amide bonds.